The average molecular weight is 397 g/mol. The fourth-order valence-corrected chi connectivity index (χ4v) is 3.98. The van der Waals surface area contributed by atoms with E-state index in [1.807, 2.05) is 11.9 Å². The van der Waals surface area contributed by atoms with E-state index in [0.717, 1.165) is 97.2 Å². The lowest BCUT2D eigenvalue weighted by molar-refractivity contribution is -0.142. The van der Waals surface area contributed by atoms with Crippen molar-refractivity contribution in [2.24, 2.45) is 10.9 Å². The van der Waals surface area contributed by atoms with Gasteiger partial charge in [-0.2, -0.15) is 0 Å². The lowest BCUT2D eigenvalue weighted by Gasteiger charge is -2.37. The zero-order chi connectivity index (χ0) is 19.6. The first-order valence-corrected chi connectivity index (χ1v) is 10.8. The molecule has 1 amide bonds. The molecule has 0 saturated carbocycles. The number of carbonyl (C=O) groups is 1. The van der Waals surface area contributed by atoms with Crippen molar-refractivity contribution in [3.8, 4) is 0 Å². The highest BCUT2D eigenvalue weighted by molar-refractivity contribution is 5.82. The molecule has 28 heavy (non-hydrogen) atoms. The Kier molecular flexibility index (Phi) is 8.82. The van der Waals surface area contributed by atoms with Crippen LogP contribution in [0.4, 0.5) is 0 Å². The van der Waals surface area contributed by atoms with Gasteiger partial charge in [0.1, 0.15) is 6.10 Å². The summed E-state index contributed by atoms with van der Waals surface area (Å²) in [7, 11) is 1.81. The van der Waals surface area contributed by atoms with Gasteiger partial charge in [-0.3, -0.25) is 9.79 Å². The number of ether oxygens (including phenoxy) is 3. The van der Waals surface area contributed by atoms with Crippen molar-refractivity contribution in [2.45, 2.75) is 38.2 Å². The Bertz CT molecular complexity index is 496. The van der Waals surface area contributed by atoms with E-state index in [-0.39, 0.29) is 12.0 Å². The van der Waals surface area contributed by atoms with Gasteiger partial charge in [-0.1, -0.05) is 0 Å². The quantitative estimate of drug-likeness (QED) is 0.388. The number of carbonyl (C=O) groups excluding carboxylic acids is 1. The smallest absolute Gasteiger partial charge is 0.251 e. The molecular weight excluding hydrogens is 360 g/mol. The molecule has 160 valence electrons. The molecule has 0 aliphatic carbocycles. The molecule has 1 N–H and O–H groups in total. The minimum absolute atomic E-state index is 0.154. The first-order valence-electron chi connectivity index (χ1n) is 10.8. The van der Waals surface area contributed by atoms with Gasteiger partial charge in [0.25, 0.3) is 5.91 Å². The molecule has 3 heterocycles. The lowest BCUT2D eigenvalue weighted by atomic mass is 10.0. The van der Waals surface area contributed by atoms with Crippen molar-refractivity contribution in [3.63, 3.8) is 0 Å². The molecule has 0 aromatic rings. The second-order valence-electron chi connectivity index (χ2n) is 7.77. The van der Waals surface area contributed by atoms with Crippen molar-refractivity contribution in [2.75, 3.05) is 72.8 Å². The third-order valence-corrected chi connectivity index (χ3v) is 5.75. The maximum atomic E-state index is 12.4. The number of nitrogens with zero attached hydrogens (tertiary/aromatic N) is 3. The Morgan fingerprint density at radius 1 is 1.11 bits per heavy atom. The summed E-state index contributed by atoms with van der Waals surface area (Å²) in [5.41, 5.74) is 0. The first kappa shape index (κ1) is 21.3. The van der Waals surface area contributed by atoms with E-state index < -0.39 is 0 Å². The Hall–Kier alpha value is -1.38. The molecule has 0 radical (unpaired) electrons. The summed E-state index contributed by atoms with van der Waals surface area (Å²) >= 11 is 0. The van der Waals surface area contributed by atoms with Crippen LogP contribution in [0, 0.1) is 5.92 Å². The topological polar surface area (TPSA) is 75.6 Å². The van der Waals surface area contributed by atoms with Crippen LogP contribution in [0.5, 0.6) is 0 Å². The van der Waals surface area contributed by atoms with Gasteiger partial charge >= 0.3 is 0 Å². The van der Waals surface area contributed by atoms with E-state index in [9.17, 15) is 4.79 Å². The van der Waals surface area contributed by atoms with Crippen LogP contribution in [0.3, 0.4) is 0 Å². The summed E-state index contributed by atoms with van der Waals surface area (Å²) in [6.07, 6.45) is 4.83. The Labute approximate surface area is 168 Å². The predicted octanol–water partition coefficient (Wildman–Crippen LogP) is 0.718. The molecule has 3 fully saturated rings. The van der Waals surface area contributed by atoms with Crippen LogP contribution < -0.4 is 5.32 Å². The molecule has 0 aromatic carbocycles. The van der Waals surface area contributed by atoms with Crippen LogP contribution >= 0.6 is 0 Å². The second-order valence-corrected chi connectivity index (χ2v) is 7.77. The van der Waals surface area contributed by atoms with Gasteiger partial charge < -0.3 is 29.3 Å². The molecule has 0 aromatic heterocycles. The SMILES string of the molecule is CN=C(NCCCOCC1CCOCC1)N1CCN(C(=O)C2CCCO2)CC1. The van der Waals surface area contributed by atoms with Crippen molar-refractivity contribution >= 4 is 11.9 Å². The number of guanidine groups is 1. The van der Waals surface area contributed by atoms with E-state index >= 15 is 0 Å². The number of aliphatic imine (C=N–C) groups is 1. The number of piperazine rings is 1. The van der Waals surface area contributed by atoms with Crippen molar-refractivity contribution in [1.82, 2.24) is 15.1 Å². The fraction of sp³-hybridized carbons (Fsp3) is 0.900. The average Bonchev–Trinajstić information content (AvgIpc) is 3.29. The van der Waals surface area contributed by atoms with Gasteiger partial charge in [0.15, 0.2) is 5.96 Å². The van der Waals surface area contributed by atoms with Crippen LogP contribution in [-0.4, -0.2) is 101 Å². The molecule has 0 bridgehead atoms. The fourth-order valence-electron chi connectivity index (χ4n) is 3.98. The van der Waals surface area contributed by atoms with E-state index in [2.05, 4.69) is 15.2 Å². The minimum atomic E-state index is -0.217. The van der Waals surface area contributed by atoms with Crippen LogP contribution in [0.1, 0.15) is 32.1 Å². The summed E-state index contributed by atoms with van der Waals surface area (Å²) < 4.78 is 16.7. The Balaban J connectivity index is 1.27. The number of hydrogen-bond donors (Lipinski definition) is 1. The molecule has 8 nitrogen and oxygen atoms in total. The third-order valence-electron chi connectivity index (χ3n) is 5.75. The van der Waals surface area contributed by atoms with Crippen LogP contribution in [0.2, 0.25) is 0 Å². The van der Waals surface area contributed by atoms with Gasteiger partial charge in [0, 0.05) is 72.8 Å². The molecule has 1 unspecified atom stereocenters. The van der Waals surface area contributed by atoms with Crippen LogP contribution in [0.15, 0.2) is 4.99 Å². The van der Waals surface area contributed by atoms with Gasteiger partial charge in [-0.25, -0.2) is 0 Å². The van der Waals surface area contributed by atoms with E-state index in [4.69, 9.17) is 14.2 Å². The highest BCUT2D eigenvalue weighted by Crippen LogP contribution is 2.16. The van der Waals surface area contributed by atoms with Crippen molar-refractivity contribution < 1.29 is 19.0 Å². The Morgan fingerprint density at radius 3 is 2.54 bits per heavy atom. The minimum Gasteiger partial charge on any atom is -0.381 e. The van der Waals surface area contributed by atoms with Crippen molar-refractivity contribution in [1.29, 1.82) is 0 Å². The monoisotopic (exact) mass is 396 g/mol. The maximum absolute atomic E-state index is 12.4. The largest absolute Gasteiger partial charge is 0.381 e. The first-order chi connectivity index (χ1) is 13.8. The number of amides is 1. The maximum Gasteiger partial charge on any atom is 0.251 e. The molecule has 0 spiro atoms. The van der Waals surface area contributed by atoms with Crippen LogP contribution in [-0.2, 0) is 19.0 Å². The summed E-state index contributed by atoms with van der Waals surface area (Å²) in [4.78, 5) is 21.0. The molecule has 3 saturated heterocycles. The lowest BCUT2D eigenvalue weighted by Crippen LogP contribution is -2.55. The third kappa shape index (κ3) is 6.32. The number of nitrogens with one attached hydrogen (secondary N) is 1. The van der Waals surface area contributed by atoms with Crippen LogP contribution in [0.25, 0.3) is 0 Å². The molecular formula is C20H36N4O4. The Morgan fingerprint density at radius 2 is 1.86 bits per heavy atom. The van der Waals surface area contributed by atoms with E-state index in [0.29, 0.717) is 12.5 Å². The molecule has 3 aliphatic heterocycles. The highest BCUT2D eigenvalue weighted by atomic mass is 16.5. The van der Waals surface area contributed by atoms with E-state index in [1.165, 1.54) is 0 Å². The zero-order valence-corrected chi connectivity index (χ0v) is 17.2. The molecule has 8 heteroatoms. The normalized spacial score (nSPS) is 24.6. The summed E-state index contributed by atoms with van der Waals surface area (Å²) in [5, 5.41) is 3.42. The highest BCUT2D eigenvalue weighted by Gasteiger charge is 2.30. The summed E-state index contributed by atoms with van der Waals surface area (Å²) in [6.45, 7) is 7.99. The number of hydrogen-bond acceptors (Lipinski definition) is 5. The van der Waals surface area contributed by atoms with Gasteiger partial charge in [-0.15, -0.1) is 0 Å². The molecule has 3 aliphatic rings. The molecule has 1 atom stereocenters. The standard InChI is InChI=1S/C20H36N4O4/c1-21-20(22-7-3-12-27-16-17-5-14-26-15-6-17)24-10-8-23(9-11-24)19(25)18-4-2-13-28-18/h17-18H,2-16H2,1H3,(H,21,22). The van der Waals surface area contributed by atoms with E-state index in [1.54, 1.807) is 0 Å². The van der Waals surface area contributed by atoms with Gasteiger partial charge in [0.05, 0.1) is 0 Å². The summed E-state index contributed by atoms with van der Waals surface area (Å²) in [6, 6.07) is 0. The zero-order valence-electron chi connectivity index (χ0n) is 17.2. The second kappa shape index (κ2) is 11.6. The number of rotatable bonds is 7. The predicted molar refractivity (Wildman–Crippen MR) is 107 cm³/mol. The van der Waals surface area contributed by atoms with Gasteiger partial charge in [0.2, 0.25) is 0 Å². The molecule has 3 rings (SSSR count). The van der Waals surface area contributed by atoms with Gasteiger partial charge in [-0.05, 0) is 38.0 Å². The summed E-state index contributed by atoms with van der Waals surface area (Å²) in [5.74, 6) is 1.72. The van der Waals surface area contributed by atoms with Crippen molar-refractivity contribution in [3.05, 3.63) is 0 Å².